The molecule has 0 amide bonds. The van der Waals surface area contributed by atoms with Crippen molar-refractivity contribution in [2.24, 2.45) is 5.84 Å². The second-order valence-electron chi connectivity index (χ2n) is 3.01. The number of hydrogen-bond acceptors (Lipinski definition) is 5. The van der Waals surface area contributed by atoms with Crippen LogP contribution in [0.4, 0.5) is 0 Å². The van der Waals surface area contributed by atoms with Crippen LogP contribution in [0.15, 0.2) is 28.3 Å². The third kappa shape index (κ3) is 2.05. The first kappa shape index (κ1) is 10.6. The van der Waals surface area contributed by atoms with Crippen molar-refractivity contribution in [1.29, 1.82) is 0 Å². The molecule has 0 aliphatic rings. The highest BCUT2D eigenvalue weighted by Gasteiger charge is 2.18. The summed E-state index contributed by atoms with van der Waals surface area (Å²) in [5.74, 6) is 6.47. The first-order valence-electron chi connectivity index (χ1n) is 4.46. The Bertz CT molecular complexity index is 411. The zero-order chi connectivity index (χ0) is 10.7. The fourth-order valence-corrected chi connectivity index (χ4v) is 3.08. The van der Waals surface area contributed by atoms with Gasteiger partial charge in [0.25, 0.3) is 0 Å². The summed E-state index contributed by atoms with van der Waals surface area (Å²) in [5, 5.41) is 6.13. The molecule has 5 heteroatoms. The Kier molecular flexibility index (Phi) is 3.37. The van der Waals surface area contributed by atoms with Gasteiger partial charge in [-0.15, -0.1) is 11.3 Å². The molecule has 0 aliphatic carbocycles. The zero-order valence-corrected chi connectivity index (χ0v) is 9.90. The predicted molar refractivity (Wildman–Crippen MR) is 64.4 cm³/mol. The van der Waals surface area contributed by atoms with Crippen molar-refractivity contribution < 1.29 is 4.74 Å². The number of nitrogens with one attached hydrogen (secondary N) is 1. The molecular formula is C10H12N2OS2. The molecule has 15 heavy (non-hydrogen) atoms. The Hall–Kier alpha value is -0.880. The summed E-state index contributed by atoms with van der Waals surface area (Å²) in [6, 6.07) is 4.04. The van der Waals surface area contributed by atoms with Gasteiger partial charge in [-0.25, -0.2) is 5.43 Å². The maximum atomic E-state index is 5.58. The molecule has 1 unspecified atom stereocenters. The van der Waals surface area contributed by atoms with E-state index in [-0.39, 0.29) is 6.04 Å². The molecule has 0 aromatic carbocycles. The van der Waals surface area contributed by atoms with Crippen LogP contribution in [0.25, 0.3) is 0 Å². The number of thiophene rings is 2. The molecule has 2 aromatic rings. The summed E-state index contributed by atoms with van der Waals surface area (Å²) in [7, 11) is 1.67. The molecule has 0 radical (unpaired) electrons. The quantitative estimate of drug-likeness (QED) is 0.637. The lowest BCUT2D eigenvalue weighted by molar-refractivity contribution is 0.408. The summed E-state index contributed by atoms with van der Waals surface area (Å²) < 4.78 is 5.28. The summed E-state index contributed by atoms with van der Waals surface area (Å²) in [5.41, 5.74) is 3.99. The van der Waals surface area contributed by atoms with Crippen molar-refractivity contribution in [2.75, 3.05) is 7.11 Å². The normalized spacial score (nSPS) is 12.7. The Labute approximate surface area is 96.5 Å². The van der Waals surface area contributed by atoms with E-state index in [2.05, 4.69) is 16.9 Å². The van der Waals surface area contributed by atoms with E-state index in [4.69, 9.17) is 10.6 Å². The standard InChI is InChI=1S/C10H12N2OS2/c1-13-8-3-5-15-10(8)9(12-11)7-2-4-14-6-7/h2-6,9,12H,11H2,1H3. The third-order valence-electron chi connectivity index (χ3n) is 2.18. The van der Waals surface area contributed by atoms with Gasteiger partial charge in [0.2, 0.25) is 0 Å². The average Bonchev–Trinajstić information content (AvgIpc) is 2.89. The van der Waals surface area contributed by atoms with E-state index in [1.54, 1.807) is 29.8 Å². The van der Waals surface area contributed by atoms with Crippen molar-refractivity contribution in [3.05, 3.63) is 38.7 Å². The Morgan fingerprint density at radius 1 is 1.40 bits per heavy atom. The number of hydrogen-bond donors (Lipinski definition) is 2. The largest absolute Gasteiger partial charge is 0.496 e. The van der Waals surface area contributed by atoms with Gasteiger partial charge in [-0.05, 0) is 33.8 Å². The number of nitrogens with two attached hydrogens (primary N) is 1. The molecule has 0 bridgehead atoms. The molecule has 3 nitrogen and oxygen atoms in total. The maximum absolute atomic E-state index is 5.58. The van der Waals surface area contributed by atoms with Gasteiger partial charge < -0.3 is 4.74 Å². The highest BCUT2D eigenvalue weighted by Crippen LogP contribution is 2.34. The van der Waals surface area contributed by atoms with Crippen LogP contribution in [0, 0.1) is 0 Å². The van der Waals surface area contributed by atoms with Crippen LogP contribution in [-0.2, 0) is 0 Å². The summed E-state index contributed by atoms with van der Waals surface area (Å²) in [6.45, 7) is 0. The van der Waals surface area contributed by atoms with Gasteiger partial charge >= 0.3 is 0 Å². The van der Waals surface area contributed by atoms with E-state index in [0.717, 1.165) is 10.6 Å². The van der Waals surface area contributed by atoms with Crippen LogP contribution >= 0.6 is 22.7 Å². The van der Waals surface area contributed by atoms with Crippen LogP contribution in [0.3, 0.4) is 0 Å². The Morgan fingerprint density at radius 2 is 2.27 bits per heavy atom. The topological polar surface area (TPSA) is 47.3 Å². The minimum Gasteiger partial charge on any atom is -0.496 e. The van der Waals surface area contributed by atoms with E-state index in [0.29, 0.717) is 0 Å². The predicted octanol–water partition coefficient (Wildman–Crippen LogP) is 2.37. The van der Waals surface area contributed by atoms with Gasteiger partial charge in [0.1, 0.15) is 5.75 Å². The van der Waals surface area contributed by atoms with E-state index < -0.39 is 0 Å². The van der Waals surface area contributed by atoms with Gasteiger partial charge in [0.15, 0.2) is 0 Å². The van der Waals surface area contributed by atoms with Crippen LogP contribution in [0.5, 0.6) is 5.75 Å². The first-order valence-corrected chi connectivity index (χ1v) is 6.28. The van der Waals surface area contributed by atoms with E-state index in [9.17, 15) is 0 Å². The molecule has 2 rings (SSSR count). The van der Waals surface area contributed by atoms with Crippen molar-refractivity contribution in [3.8, 4) is 5.75 Å². The monoisotopic (exact) mass is 240 g/mol. The molecule has 3 N–H and O–H groups in total. The van der Waals surface area contributed by atoms with Crippen molar-refractivity contribution in [1.82, 2.24) is 5.43 Å². The summed E-state index contributed by atoms with van der Waals surface area (Å²) in [6.07, 6.45) is 0. The van der Waals surface area contributed by atoms with Crippen LogP contribution in [0.1, 0.15) is 16.5 Å². The highest BCUT2D eigenvalue weighted by atomic mass is 32.1. The lowest BCUT2D eigenvalue weighted by Gasteiger charge is -2.14. The Balaban J connectivity index is 2.35. The third-order valence-corrected chi connectivity index (χ3v) is 3.85. The van der Waals surface area contributed by atoms with Gasteiger partial charge in [-0.2, -0.15) is 11.3 Å². The Morgan fingerprint density at radius 3 is 2.87 bits per heavy atom. The van der Waals surface area contributed by atoms with Gasteiger partial charge in [0.05, 0.1) is 18.0 Å². The van der Waals surface area contributed by atoms with E-state index in [1.165, 1.54) is 5.56 Å². The van der Waals surface area contributed by atoms with Gasteiger partial charge in [-0.1, -0.05) is 0 Å². The molecule has 1 atom stereocenters. The fourth-order valence-electron chi connectivity index (χ4n) is 1.45. The fraction of sp³-hybridized carbons (Fsp3) is 0.200. The molecule has 2 heterocycles. The minimum atomic E-state index is 0.0196. The maximum Gasteiger partial charge on any atom is 0.134 e. The van der Waals surface area contributed by atoms with Gasteiger partial charge in [0, 0.05) is 0 Å². The summed E-state index contributed by atoms with van der Waals surface area (Å²) in [4.78, 5) is 1.11. The van der Waals surface area contributed by atoms with Crippen LogP contribution < -0.4 is 16.0 Å². The van der Waals surface area contributed by atoms with Crippen LogP contribution in [-0.4, -0.2) is 7.11 Å². The van der Waals surface area contributed by atoms with E-state index in [1.807, 2.05) is 16.8 Å². The molecular weight excluding hydrogens is 228 g/mol. The molecule has 0 aliphatic heterocycles. The second kappa shape index (κ2) is 4.76. The summed E-state index contributed by atoms with van der Waals surface area (Å²) >= 11 is 3.30. The number of rotatable bonds is 4. The second-order valence-corrected chi connectivity index (χ2v) is 4.74. The van der Waals surface area contributed by atoms with E-state index >= 15 is 0 Å². The molecule has 2 aromatic heterocycles. The molecule has 0 spiro atoms. The SMILES string of the molecule is COc1ccsc1C(NN)c1ccsc1. The number of hydrazine groups is 1. The number of ether oxygens (including phenoxy) is 1. The smallest absolute Gasteiger partial charge is 0.134 e. The average molecular weight is 240 g/mol. The molecule has 0 fully saturated rings. The molecule has 0 saturated carbocycles. The molecule has 80 valence electrons. The van der Waals surface area contributed by atoms with Gasteiger partial charge in [-0.3, -0.25) is 5.84 Å². The first-order chi connectivity index (χ1) is 7.36. The van der Waals surface area contributed by atoms with Crippen molar-refractivity contribution >= 4 is 22.7 Å². The zero-order valence-electron chi connectivity index (χ0n) is 8.27. The molecule has 0 saturated heterocycles. The minimum absolute atomic E-state index is 0.0196. The lowest BCUT2D eigenvalue weighted by atomic mass is 10.1. The van der Waals surface area contributed by atoms with Crippen LogP contribution in [0.2, 0.25) is 0 Å². The highest BCUT2D eigenvalue weighted by molar-refractivity contribution is 7.10. The van der Waals surface area contributed by atoms with Crippen molar-refractivity contribution in [3.63, 3.8) is 0 Å². The number of methoxy groups -OCH3 is 1. The lowest BCUT2D eigenvalue weighted by Crippen LogP contribution is -2.28. The van der Waals surface area contributed by atoms with Crippen molar-refractivity contribution in [2.45, 2.75) is 6.04 Å².